The Labute approximate surface area is 117 Å². The van der Waals surface area contributed by atoms with E-state index >= 15 is 0 Å². The van der Waals surface area contributed by atoms with E-state index in [1.807, 2.05) is 0 Å². The molecule has 0 heterocycles. The van der Waals surface area contributed by atoms with E-state index in [0.717, 1.165) is 0 Å². The standard InChI is InChI=1S/C14H19N3O3/c1-9(16-8-13(19)15-3)14(20)17-12-6-4-11(5-7-12)10(2)18/h4-7,9,16H,8H2,1-3H3,(H,15,19)(H,17,20)/t9-/m0/s1. The average Bonchev–Trinajstić information content (AvgIpc) is 2.44. The molecule has 0 aliphatic carbocycles. The summed E-state index contributed by atoms with van der Waals surface area (Å²) in [5.41, 5.74) is 1.20. The fourth-order valence-electron chi connectivity index (χ4n) is 1.47. The maximum Gasteiger partial charge on any atom is 0.241 e. The van der Waals surface area contributed by atoms with E-state index < -0.39 is 6.04 Å². The minimum Gasteiger partial charge on any atom is -0.358 e. The Morgan fingerprint density at radius 2 is 1.75 bits per heavy atom. The van der Waals surface area contributed by atoms with Crippen LogP contribution in [0, 0.1) is 0 Å². The molecule has 1 aromatic carbocycles. The first-order chi connectivity index (χ1) is 9.43. The van der Waals surface area contributed by atoms with Gasteiger partial charge in [0.25, 0.3) is 0 Å². The summed E-state index contributed by atoms with van der Waals surface area (Å²) in [6.07, 6.45) is 0. The molecule has 0 saturated carbocycles. The summed E-state index contributed by atoms with van der Waals surface area (Å²) in [5, 5.41) is 7.97. The van der Waals surface area contributed by atoms with E-state index in [9.17, 15) is 14.4 Å². The van der Waals surface area contributed by atoms with E-state index in [1.165, 1.54) is 14.0 Å². The quantitative estimate of drug-likeness (QED) is 0.663. The highest BCUT2D eigenvalue weighted by Crippen LogP contribution is 2.10. The van der Waals surface area contributed by atoms with Crippen LogP contribution in [0.15, 0.2) is 24.3 Å². The van der Waals surface area contributed by atoms with Gasteiger partial charge >= 0.3 is 0 Å². The average molecular weight is 277 g/mol. The highest BCUT2D eigenvalue weighted by molar-refractivity contribution is 5.97. The van der Waals surface area contributed by atoms with Gasteiger partial charge in [0.1, 0.15) is 0 Å². The maximum absolute atomic E-state index is 11.9. The second-order valence-corrected chi connectivity index (χ2v) is 4.40. The largest absolute Gasteiger partial charge is 0.358 e. The molecule has 0 spiro atoms. The number of Topliss-reactive ketones (excluding diaryl/α,β-unsaturated/α-hetero) is 1. The smallest absolute Gasteiger partial charge is 0.241 e. The van der Waals surface area contributed by atoms with E-state index in [4.69, 9.17) is 0 Å². The van der Waals surface area contributed by atoms with Crippen LogP contribution in [0.1, 0.15) is 24.2 Å². The van der Waals surface area contributed by atoms with Crippen LogP contribution in [0.3, 0.4) is 0 Å². The Balaban J connectivity index is 2.52. The Hall–Kier alpha value is -2.21. The second kappa shape index (κ2) is 7.40. The molecule has 3 N–H and O–H groups in total. The third-order valence-electron chi connectivity index (χ3n) is 2.80. The molecule has 0 fully saturated rings. The molecule has 1 rings (SSSR count). The molecule has 0 aliphatic rings. The summed E-state index contributed by atoms with van der Waals surface area (Å²) in [6, 6.07) is 6.14. The van der Waals surface area contributed by atoms with Gasteiger partial charge in [0.15, 0.2) is 5.78 Å². The van der Waals surface area contributed by atoms with Gasteiger partial charge < -0.3 is 10.6 Å². The van der Waals surface area contributed by atoms with Crippen LogP contribution in [-0.2, 0) is 9.59 Å². The predicted molar refractivity (Wildman–Crippen MR) is 76.6 cm³/mol. The van der Waals surface area contributed by atoms with Gasteiger partial charge in [0.05, 0.1) is 12.6 Å². The number of nitrogens with one attached hydrogen (secondary N) is 3. The summed E-state index contributed by atoms with van der Waals surface area (Å²) in [7, 11) is 1.53. The third kappa shape index (κ3) is 4.81. The van der Waals surface area contributed by atoms with Crippen molar-refractivity contribution in [3.8, 4) is 0 Å². The summed E-state index contributed by atoms with van der Waals surface area (Å²) in [6.45, 7) is 3.23. The number of carbonyl (C=O) groups excluding carboxylic acids is 3. The van der Waals surface area contributed by atoms with Crippen molar-refractivity contribution >= 4 is 23.3 Å². The lowest BCUT2D eigenvalue weighted by Crippen LogP contribution is -2.42. The fraction of sp³-hybridized carbons (Fsp3) is 0.357. The molecular weight excluding hydrogens is 258 g/mol. The number of ketones is 1. The molecule has 0 aliphatic heterocycles. The van der Waals surface area contributed by atoms with Gasteiger partial charge in [-0.25, -0.2) is 0 Å². The van der Waals surface area contributed by atoms with E-state index in [-0.39, 0.29) is 24.1 Å². The first-order valence-corrected chi connectivity index (χ1v) is 6.30. The minimum atomic E-state index is -0.500. The molecule has 0 radical (unpaired) electrons. The number of hydrogen-bond acceptors (Lipinski definition) is 4. The number of likely N-dealkylation sites (N-methyl/N-ethyl adjacent to an activating group) is 1. The molecule has 6 heteroatoms. The highest BCUT2D eigenvalue weighted by Gasteiger charge is 2.13. The number of rotatable bonds is 6. The minimum absolute atomic E-state index is 0.0245. The maximum atomic E-state index is 11.9. The Kier molecular flexibility index (Phi) is 5.86. The highest BCUT2D eigenvalue weighted by atomic mass is 16.2. The van der Waals surface area contributed by atoms with Crippen LogP contribution in [0.5, 0.6) is 0 Å². The number of carbonyl (C=O) groups is 3. The zero-order valence-corrected chi connectivity index (χ0v) is 11.8. The van der Waals surface area contributed by atoms with Gasteiger partial charge in [-0.15, -0.1) is 0 Å². The lowest BCUT2D eigenvalue weighted by atomic mass is 10.1. The van der Waals surface area contributed by atoms with Gasteiger partial charge in [0.2, 0.25) is 11.8 Å². The zero-order chi connectivity index (χ0) is 15.1. The summed E-state index contributed by atoms with van der Waals surface area (Å²) < 4.78 is 0. The monoisotopic (exact) mass is 277 g/mol. The van der Waals surface area contributed by atoms with Crippen LogP contribution < -0.4 is 16.0 Å². The molecule has 2 amide bonds. The van der Waals surface area contributed by atoms with Crippen molar-refractivity contribution in [3.05, 3.63) is 29.8 Å². The van der Waals surface area contributed by atoms with E-state index in [1.54, 1.807) is 31.2 Å². The van der Waals surface area contributed by atoms with E-state index in [2.05, 4.69) is 16.0 Å². The van der Waals surface area contributed by atoms with Crippen LogP contribution in [0.25, 0.3) is 0 Å². The number of anilines is 1. The zero-order valence-electron chi connectivity index (χ0n) is 11.8. The number of benzene rings is 1. The topological polar surface area (TPSA) is 87.3 Å². The molecule has 108 valence electrons. The fourth-order valence-corrected chi connectivity index (χ4v) is 1.47. The van der Waals surface area contributed by atoms with Crippen molar-refractivity contribution in [1.29, 1.82) is 0 Å². The molecule has 0 bridgehead atoms. The summed E-state index contributed by atoms with van der Waals surface area (Å²) in [5.74, 6) is -0.455. The van der Waals surface area contributed by atoms with Crippen molar-refractivity contribution in [2.75, 3.05) is 18.9 Å². The van der Waals surface area contributed by atoms with Crippen molar-refractivity contribution in [2.45, 2.75) is 19.9 Å². The predicted octanol–water partition coefficient (Wildman–Crippen LogP) is 0.552. The lowest BCUT2D eigenvalue weighted by Gasteiger charge is -2.13. The van der Waals surface area contributed by atoms with Crippen molar-refractivity contribution in [1.82, 2.24) is 10.6 Å². The molecule has 0 aromatic heterocycles. The molecule has 1 atom stereocenters. The second-order valence-electron chi connectivity index (χ2n) is 4.40. The molecule has 6 nitrogen and oxygen atoms in total. The summed E-state index contributed by atoms with van der Waals surface area (Å²) in [4.78, 5) is 34.1. The van der Waals surface area contributed by atoms with Crippen LogP contribution in [0.4, 0.5) is 5.69 Å². The van der Waals surface area contributed by atoms with Gasteiger partial charge in [-0.3, -0.25) is 19.7 Å². The molecular formula is C14H19N3O3. The Morgan fingerprint density at radius 3 is 2.25 bits per heavy atom. The summed E-state index contributed by atoms with van der Waals surface area (Å²) >= 11 is 0. The first kappa shape index (κ1) is 15.8. The Bertz CT molecular complexity index is 497. The molecule has 0 saturated heterocycles. The van der Waals surface area contributed by atoms with Gasteiger partial charge in [-0.05, 0) is 38.1 Å². The SMILES string of the molecule is CNC(=O)CN[C@@H](C)C(=O)Nc1ccc(C(C)=O)cc1. The van der Waals surface area contributed by atoms with Crippen LogP contribution in [0.2, 0.25) is 0 Å². The van der Waals surface area contributed by atoms with Crippen molar-refractivity contribution < 1.29 is 14.4 Å². The first-order valence-electron chi connectivity index (χ1n) is 6.30. The van der Waals surface area contributed by atoms with Gasteiger partial charge in [-0.1, -0.05) is 0 Å². The van der Waals surface area contributed by atoms with Crippen LogP contribution in [-0.4, -0.2) is 37.2 Å². The van der Waals surface area contributed by atoms with Crippen molar-refractivity contribution in [3.63, 3.8) is 0 Å². The molecule has 1 aromatic rings. The van der Waals surface area contributed by atoms with Crippen molar-refractivity contribution in [2.24, 2.45) is 0 Å². The number of amides is 2. The lowest BCUT2D eigenvalue weighted by molar-refractivity contribution is -0.120. The normalized spacial score (nSPS) is 11.6. The molecule has 20 heavy (non-hydrogen) atoms. The number of hydrogen-bond donors (Lipinski definition) is 3. The molecule has 0 unspecified atom stereocenters. The van der Waals surface area contributed by atoms with Crippen LogP contribution >= 0.6 is 0 Å². The third-order valence-corrected chi connectivity index (χ3v) is 2.80. The van der Waals surface area contributed by atoms with Gasteiger partial charge in [0, 0.05) is 18.3 Å². The van der Waals surface area contributed by atoms with E-state index in [0.29, 0.717) is 11.3 Å². The Morgan fingerprint density at radius 1 is 1.15 bits per heavy atom. The van der Waals surface area contributed by atoms with Gasteiger partial charge in [-0.2, -0.15) is 0 Å².